The van der Waals surface area contributed by atoms with Crippen LogP contribution in [-0.2, 0) is 19.1 Å². The molecule has 0 aliphatic rings. The van der Waals surface area contributed by atoms with Crippen molar-refractivity contribution in [2.75, 3.05) is 13.2 Å². The van der Waals surface area contributed by atoms with Crippen molar-refractivity contribution in [1.82, 2.24) is 0 Å². The molecule has 0 radical (unpaired) electrons. The van der Waals surface area contributed by atoms with E-state index in [9.17, 15) is 14.0 Å². The zero-order chi connectivity index (χ0) is 15.0. The highest BCUT2D eigenvalue weighted by Crippen LogP contribution is 2.16. The number of carbonyl (C=O) groups is 2. The van der Waals surface area contributed by atoms with E-state index in [1.807, 2.05) is 0 Å². The maximum Gasteiger partial charge on any atom is 0.325 e. The van der Waals surface area contributed by atoms with Crippen molar-refractivity contribution in [3.8, 4) is 0 Å². The van der Waals surface area contributed by atoms with Crippen molar-refractivity contribution in [3.63, 3.8) is 0 Å². The topological polar surface area (TPSA) is 65.0 Å². The second-order valence-corrected chi connectivity index (χ2v) is 3.71. The van der Waals surface area contributed by atoms with E-state index < -0.39 is 23.7 Å². The van der Waals surface area contributed by atoms with E-state index in [2.05, 4.69) is 4.99 Å². The number of hydrogen-bond acceptors (Lipinski definition) is 5. The quantitative estimate of drug-likeness (QED) is 0.456. The molecule has 1 rings (SSSR count). The molecular weight excluding hydrogens is 265 g/mol. The van der Waals surface area contributed by atoms with Gasteiger partial charge in [0.15, 0.2) is 5.92 Å². The fourth-order valence-corrected chi connectivity index (χ4v) is 1.39. The molecule has 0 unspecified atom stereocenters. The first-order valence-corrected chi connectivity index (χ1v) is 6.22. The van der Waals surface area contributed by atoms with Gasteiger partial charge in [0, 0.05) is 6.21 Å². The first kappa shape index (κ1) is 15.8. The van der Waals surface area contributed by atoms with E-state index >= 15 is 0 Å². The third kappa shape index (κ3) is 4.46. The van der Waals surface area contributed by atoms with Crippen molar-refractivity contribution in [3.05, 3.63) is 30.1 Å². The summed E-state index contributed by atoms with van der Waals surface area (Å²) in [5.74, 6) is -3.39. The summed E-state index contributed by atoms with van der Waals surface area (Å²) in [5.41, 5.74) is 0.0334. The van der Waals surface area contributed by atoms with Gasteiger partial charge in [0.25, 0.3) is 0 Å². The molecule has 5 nitrogen and oxygen atoms in total. The molecule has 0 saturated carbocycles. The Kier molecular flexibility index (Phi) is 6.36. The first-order valence-electron chi connectivity index (χ1n) is 6.22. The van der Waals surface area contributed by atoms with Crippen LogP contribution >= 0.6 is 0 Å². The Labute approximate surface area is 116 Å². The maximum atomic E-state index is 13.4. The summed E-state index contributed by atoms with van der Waals surface area (Å²) in [6, 6.07) is 5.78. The molecule has 0 aromatic heterocycles. The largest absolute Gasteiger partial charge is 0.465 e. The van der Waals surface area contributed by atoms with E-state index in [-0.39, 0.29) is 18.9 Å². The molecule has 1 aromatic rings. The summed E-state index contributed by atoms with van der Waals surface area (Å²) in [7, 11) is 0. The van der Waals surface area contributed by atoms with Gasteiger partial charge in [-0.05, 0) is 26.0 Å². The van der Waals surface area contributed by atoms with Crippen LogP contribution in [0.5, 0.6) is 0 Å². The molecule has 0 N–H and O–H groups in total. The van der Waals surface area contributed by atoms with Crippen LogP contribution in [0.25, 0.3) is 0 Å². The van der Waals surface area contributed by atoms with Crippen molar-refractivity contribution in [2.45, 2.75) is 13.8 Å². The number of aliphatic imine (C=N–C) groups is 1. The summed E-state index contributed by atoms with van der Waals surface area (Å²) in [4.78, 5) is 27.1. The van der Waals surface area contributed by atoms with Crippen molar-refractivity contribution < 1.29 is 23.5 Å². The van der Waals surface area contributed by atoms with Crippen molar-refractivity contribution in [1.29, 1.82) is 0 Å². The van der Waals surface area contributed by atoms with Crippen LogP contribution in [0.4, 0.5) is 10.1 Å². The lowest BCUT2D eigenvalue weighted by Crippen LogP contribution is -2.29. The molecule has 0 heterocycles. The Morgan fingerprint density at radius 2 is 1.75 bits per heavy atom. The molecule has 1 aromatic carbocycles. The Hall–Kier alpha value is -2.24. The molecule has 0 atom stereocenters. The highest BCUT2D eigenvalue weighted by Gasteiger charge is 2.27. The van der Waals surface area contributed by atoms with E-state index in [1.165, 1.54) is 18.2 Å². The first-order chi connectivity index (χ1) is 9.60. The third-order valence-electron chi connectivity index (χ3n) is 2.30. The highest BCUT2D eigenvalue weighted by molar-refractivity contribution is 6.09. The normalized spacial score (nSPS) is 10.8. The number of esters is 2. The molecule has 0 bridgehead atoms. The van der Waals surface area contributed by atoms with Crippen LogP contribution in [0.15, 0.2) is 29.3 Å². The predicted molar refractivity (Wildman–Crippen MR) is 71.3 cm³/mol. The number of ether oxygens (including phenoxy) is 2. The summed E-state index contributed by atoms with van der Waals surface area (Å²) in [5, 5.41) is 0. The van der Waals surface area contributed by atoms with Crippen LogP contribution < -0.4 is 0 Å². The Bertz CT molecular complexity index is 484. The molecule has 0 spiro atoms. The number of para-hydroxylation sites is 1. The summed E-state index contributed by atoms with van der Waals surface area (Å²) < 4.78 is 22.9. The fraction of sp³-hybridized carbons (Fsp3) is 0.357. The lowest BCUT2D eigenvalue weighted by molar-refractivity contribution is -0.157. The van der Waals surface area contributed by atoms with Crippen molar-refractivity contribution >= 4 is 23.8 Å². The summed E-state index contributed by atoms with van der Waals surface area (Å²) >= 11 is 0. The second kappa shape index (κ2) is 8.04. The molecule has 0 aliphatic heterocycles. The minimum atomic E-state index is -1.30. The third-order valence-corrected chi connectivity index (χ3v) is 2.30. The summed E-state index contributed by atoms with van der Waals surface area (Å²) in [6.07, 6.45) is 1.04. The van der Waals surface area contributed by atoms with Gasteiger partial charge in [-0.15, -0.1) is 0 Å². The Balaban J connectivity index is 2.91. The Morgan fingerprint density at radius 1 is 1.20 bits per heavy atom. The van der Waals surface area contributed by atoms with Gasteiger partial charge in [0.2, 0.25) is 0 Å². The van der Waals surface area contributed by atoms with Crippen LogP contribution in [0, 0.1) is 11.7 Å². The minimum absolute atomic E-state index is 0.0334. The van der Waals surface area contributed by atoms with Gasteiger partial charge >= 0.3 is 11.9 Å². The number of nitrogens with zero attached hydrogens (tertiary/aromatic N) is 1. The predicted octanol–water partition coefficient (Wildman–Crippen LogP) is 2.27. The lowest BCUT2D eigenvalue weighted by Gasteiger charge is -2.10. The number of rotatable bonds is 6. The molecule has 0 aliphatic carbocycles. The SMILES string of the molecule is CCOC(=O)C(C=Nc1ccccc1F)C(=O)OCC. The van der Waals surface area contributed by atoms with Crippen molar-refractivity contribution in [2.24, 2.45) is 10.9 Å². The maximum absolute atomic E-state index is 13.4. The molecule has 0 fully saturated rings. The number of halogens is 1. The number of hydrogen-bond donors (Lipinski definition) is 0. The molecular formula is C14H16FNO4. The standard InChI is InChI=1S/C14H16FNO4/c1-3-19-13(17)10(14(18)20-4-2)9-16-12-8-6-5-7-11(12)15/h5-10H,3-4H2,1-2H3. The van der Waals surface area contributed by atoms with Gasteiger partial charge in [-0.3, -0.25) is 14.6 Å². The fourth-order valence-electron chi connectivity index (χ4n) is 1.39. The second-order valence-electron chi connectivity index (χ2n) is 3.71. The van der Waals surface area contributed by atoms with Gasteiger partial charge in [-0.2, -0.15) is 0 Å². The van der Waals surface area contributed by atoms with Gasteiger partial charge in [0.1, 0.15) is 5.82 Å². The highest BCUT2D eigenvalue weighted by atomic mass is 19.1. The van der Waals surface area contributed by atoms with E-state index in [1.54, 1.807) is 19.9 Å². The van der Waals surface area contributed by atoms with Crippen LogP contribution in [0.2, 0.25) is 0 Å². The van der Waals surface area contributed by atoms with Gasteiger partial charge in [-0.25, -0.2) is 4.39 Å². The van der Waals surface area contributed by atoms with E-state index in [0.717, 1.165) is 6.21 Å². The molecule has 108 valence electrons. The number of carbonyl (C=O) groups excluding carboxylic acids is 2. The molecule has 0 amide bonds. The zero-order valence-corrected chi connectivity index (χ0v) is 11.3. The van der Waals surface area contributed by atoms with Crippen LogP contribution in [-0.4, -0.2) is 31.4 Å². The van der Waals surface area contributed by atoms with Crippen LogP contribution in [0.1, 0.15) is 13.8 Å². The monoisotopic (exact) mass is 281 g/mol. The average Bonchev–Trinajstić information content (AvgIpc) is 2.41. The Morgan fingerprint density at radius 3 is 2.25 bits per heavy atom. The zero-order valence-electron chi connectivity index (χ0n) is 11.3. The average molecular weight is 281 g/mol. The van der Waals surface area contributed by atoms with E-state index in [4.69, 9.17) is 9.47 Å². The smallest absolute Gasteiger partial charge is 0.325 e. The number of benzene rings is 1. The molecule has 20 heavy (non-hydrogen) atoms. The minimum Gasteiger partial charge on any atom is -0.465 e. The molecule has 0 saturated heterocycles. The van der Waals surface area contributed by atoms with Gasteiger partial charge in [0.05, 0.1) is 18.9 Å². The lowest BCUT2D eigenvalue weighted by atomic mass is 10.1. The summed E-state index contributed by atoms with van der Waals surface area (Å²) in [6.45, 7) is 3.49. The molecule has 6 heteroatoms. The van der Waals surface area contributed by atoms with Crippen LogP contribution in [0.3, 0.4) is 0 Å². The van der Waals surface area contributed by atoms with Gasteiger partial charge in [-0.1, -0.05) is 12.1 Å². The van der Waals surface area contributed by atoms with E-state index in [0.29, 0.717) is 0 Å². The van der Waals surface area contributed by atoms with Gasteiger partial charge < -0.3 is 9.47 Å².